The van der Waals surface area contributed by atoms with E-state index in [-0.39, 0.29) is 0 Å². The Bertz CT molecular complexity index is 395. The molecule has 0 aliphatic carbocycles. The summed E-state index contributed by atoms with van der Waals surface area (Å²) in [5, 5.41) is 10.9. The molecule has 5 nitrogen and oxygen atoms in total. The fourth-order valence-corrected chi connectivity index (χ4v) is 2.21. The number of hydrogen-bond acceptors (Lipinski definition) is 2. The van der Waals surface area contributed by atoms with E-state index in [1.165, 1.54) is 25.7 Å². The van der Waals surface area contributed by atoms with Crippen molar-refractivity contribution in [1.82, 2.24) is 20.4 Å². The lowest BCUT2D eigenvalue weighted by Gasteiger charge is -2.26. The van der Waals surface area contributed by atoms with Crippen molar-refractivity contribution in [3.05, 3.63) is 18.5 Å². The Labute approximate surface area is 129 Å². The smallest absolute Gasteiger partial charge is 0.191 e. The van der Waals surface area contributed by atoms with E-state index in [9.17, 15) is 0 Å². The molecule has 0 saturated heterocycles. The van der Waals surface area contributed by atoms with Crippen molar-refractivity contribution >= 4 is 5.96 Å². The molecular formula is C16H31N5. The van der Waals surface area contributed by atoms with Gasteiger partial charge in [0.15, 0.2) is 5.96 Å². The van der Waals surface area contributed by atoms with E-state index >= 15 is 0 Å². The van der Waals surface area contributed by atoms with E-state index in [1.807, 2.05) is 24.0 Å². The molecule has 0 radical (unpaired) electrons. The summed E-state index contributed by atoms with van der Waals surface area (Å²) in [6.45, 7) is 9.47. The lowest BCUT2D eigenvalue weighted by molar-refractivity contribution is 0.318. The number of nitrogens with one attached hydrogen (secondary N) is 2. The third kappa shape index (κ3) is 7.73. The van der Waals surface area contributed by atoms with Crippen molar-refractivity contribution in [2.24, 2.45) is 10.4 Å². The average Bonchev–Trinajstić information content (AvgIpc) is 2.96. The van der Waals surface area contributed by atoms with Crippen molar-refractivity contribution in [2.75, 3.05) is 20.1 Å². The zero-order valence-corrected chi connectivity index (χ0v) is 14.0. The number of unbranched alkanes of at least 4 members (excludes halogenated alkanes) is 2. The van der Waals surface area contributed by atoms with Gasteiger partial charge in [-0.05, 0) is 17.9 Å². The van der Waals surface area contributed by atoms with E-state index in [0.717, 1.165) is 25.6 Å². The lowest BCUT2D eigenvalue weighted by atomic mass is 9.87. The third-order valence-electron chi connectivity index (χ3n) is 3.61. The minimum Gasteiger partial charge on any atom is -0.356 e. The van der Waals surface area contributed by atoms with Gasteiger partial charge in [0.05, 0.1) is 6.54 Å². The van der Waals surface area contributed by atoms with Crippen molar-refractivity contribution in [1.29, 1.82) is 0 Å². The summed E-state index contributed by atoms with van der Waals surface area (Å²) in [5.74, 6) is 0.866. The zero-order valence-electron chi connectivity index (χ0n) is 14.0. The topological polar surface area (TPSA) is 54.2 Å². The van der Waals surface area contributed by atoms with Crippen LogP contribution in [0.15, 0.2) is 23.5 Å². The van der Waals surface area contributed by atoms with Gasteiger partial charge < -0.3 is 10.6 Å². The van der Waals surface area contributed by atoms with Gasteiger partial charge in [0, 0.05) is 32.5 Å². The van der Waals surface area contributed by atoms with Crippen LogP contribution in [0.4, 0.5) is 0 Å². The second-order valence-electron chi connectivity index (χ2n) is 6.24. The normalized spacial score (nSPS) is 12.5. The first-order valence-corrected chi connectivity index (χ1v) is 7.99. The summed E-state index contributed by atoms with van der Waals surface area (Å²) in [4.78, 5) is 4.27. The molecule has 5 heteroatoms. The van der Waals surface area contributed by atoms with Crippen LogP contribution in [0.2, 0.25) is 0 Å². The Kier molecular flexibility index (Phi) is 7.87. The highest BCUT2D eigenvalue weighted by Gasteiger charge is 2.17. The molecule has 2 N–H and O–H groups in total. The summed E-state index contributed by atoms with van der Waals surface area (Å²) in [5.41, 5.74) is 0.300. The highest BCUT2D eigenvalue weighted by molar-refractivity contribution is 5.79. The molecule has 0 atom stereocenters. The predicted molar refractivity (Wildman–Crippen MR) is 89.5 cm³/mol. The highest BCUT2D eigenvalue weighted by Crippen LogP contribution is 2.22. The molecule has 1 aromatic rings. The molecule has 1 rings (SSSR count). The van der Waals surface area contributed by atoms with E-state index in [2.05, 4.69) is 41.5 Å². The van der Waals surface area contributed by atoms with Crippen LogP contribution in [-0.4, -0.2) is 35.9 Å². The number of guanidine groups is 1. The van der Waals surface area contributed by atoms with Gasteiger partial charge in [0.2, 0.25) is 0 Å². The Morgan fingerprint density at radius 1 is 1.29 bits per heavy atom. The largest absolute Gasteiger partial charge is 0.356 e. The van der Waals surface area contributed by atoms with Crippen LogP contribution < -0.4 is 10.6 Å². The molecule has 0 unspecified atom stereocenters. The molecule has 0 bridgehead atoms. The molecule has 0 saturated carbocycles. The van der Waals surface area contributed by atoms with Gasteiger partial charge in [0.25, 0.3) is 0 Å². The Morgan fingerprint density at radius 2 is 2.10 bits per heavy atom. The van der Waals surface area contributed by atoms with Crippen molar-refractivity contribution < 1.29 is 0 Å². The van der Waals surface area contributed by atoms with Crippen LogP contribution in [0, 0.1) is 5.41 Å². The molecule has 21 heavy (non-hydrogen) atoms. The van der Waals surface area contributed by atoms with Crippen LogP contribution in [0.5, 0.6) is 0 Å². The third-order valence-corrected chi connectivity index (χ3v) is 3.61. The molecule has 0 spiro atoms. The number of rotatable bonds is 9. The van der Waals surface area contributed by atoms with Gasteiger partial charge >= 0.3 is 0 Å². The summed E-state index contributed by atoms with van der Waals surface area (Å²) in [6, 6.07) is 1.94. The molecule has 1 heterocycles. The molecule has 0 amide bonds. The Morgan fingerprint density at radius 3 is 2.71 bits per heavy atom. The monoisotopic (exact) mass is 293 g/mol. The fraction of sp³-hybridized carbons (Fsp3) is 0.750. The van der Waals surface area contributed by atoms with Gasteiger partial charge in [-0.3, -0.25) is 9.67 Å². The number of hydrogen-bond donors (Lipinski definition) is 2. The maximum absolute atomic E-state index is 4.27. The minimum atomic E-state index is 0.300. The standard InChI is InChI=1S/C16H31N5/c1-5-6-7-9-16(2,3)14-19-15(17-4)18-11-13-21-12-8-10-20-21/h8,10,12H,5-7,9,11,13-14H2,1-4H3,(H2,17,18,19). The van der Waals surface area contributed by atoms with E-state index < -0.39 is 0 Å². The number of nitrogens with zero attached hydrogens (tertiary/aromatic N) is 3. The quantitative estimate of drug-likeness (QED) is 0.418. The van der Waals surface area contributed by atoms with E-state index in [1.54, 1.807) is 6.20 Å². The fourth-order valence-electron chi connectivity index (χ4n) is 2.21. The average molecular weight is 293 g/mol. The van der Waals surface area contributed by atoms with Crippen LogP contribution in [-0.2, 0) is 6.54 Å². The second-order valence-corrected chi connectivity index (χ2v) is 6.24. The van der Waals surface area contributed by atoms with Gasteiger partial charge in [0.1, 0.15) is 0 Å². The second kappa shape index (κ2) is 9.42. The van der Waals surface area contributed by atoms with E-state index in [4.69, 9.17) is 0 Å². The number of aliphatic imine (C=N–C) groups is 1. The zero-order chi connectivity index (χ0) is 15.6. The van der Waals surface area contributed by atoms with Crippen LogP contribution in [0.1, 0.15) is 46.5 Å². The summed E-state index contributed by atoms with van der Waals surface area (Å²) >= 11 is 0. The summed E-state index contributed by atoms with van der Waals surface area (Å²) in [6.07, 6.45) is 8.91. The molecular weight excluding hydrogens is 262 g/mol. The van der Waals surface area contributed by atoms with Crippen molar-refractivity contribution in [3.63, 3.8) is 0 Å². The molecule has 0 aliphatic rings. The van der Waals surface area contributed by atoms with Gasteiger partial charge in [-0.25, -0.2) is 0 Å². The van der Waals surface area contributed by atoms with Crippen molar-refractivity contribution in [2.45, 2.75) is 53.0 Å². The van der Waals surface area contributed by atoms with Gasteiger partial charge in [-0.15, -0.1) is 0 Å². The molecule has 120 valence electrons. The van der Waals surface area contributed by atoms with Gasteiger partial charge in [-0.1, -0.05) is 40.0 Å². The van der Waals surface area contributed by atoms with Crippen molar-refractivity contribution in [3.8, 4) is 0 Å². The molecule has 0 aromatic carbocycles. The van der Waals surface area contributed by atoms with E-state index in [0.29, 0.717) is 5.41 Å². The number of aromatic nitrogens is 2. The predicted octanol–water partition coefficient (Wildman–Crippen LogP) is 2.65. The first kappa shape index (κ1) is 17.5. The highest BCUT2D eigenvalue weighted by atomic mass is 15.3. The maximum atomic E-state index is 4.27. The van der Waals surface area contributed by atoms with Crippen LogP contribution in [0.25, 0.3) is 0 Å². The summed E-state index contributed by atoms with van der Waals surface area (Å²) < 4.78 is 1.91. The lowest BCUT2D eigenvalue weighted by Crippen LogP contribution is -2.43. The van der Waals surface area contributed by atoms with Gasteiger partial charge in [-0.2, -0.15) is 5.10 Å². The molecule has 1 aromatic heterocycles. The first-order valence-electron chi connectivity index (χ1n) is 7.99. The molecule has 0 aliphatic heterocycles. The maximum Gasteiger partial charge on any atom is 0.191 e. The van der Waals surface area contributed by atoms with Crippen LogP contribution >= 0.6 is 0 Å². The minimum absolute atomic E-state index is 0.300. The Balaban J connectivity index is 2.23. The van der Waals surface area contributed by atoms with Crippen LogP contribution in [0.3, 0.4) is 0 Å². The summed E-state index contributed by atoms with van der Waals surface area (Å²) in [7, 11) is 1.81. The Hall–Kier alpha value is -1.52. The first-order chi connectivity index (χ1) is 10.1. The molecule has 0 fully saturated rings. The SMILES string of the molecule is CCCCCC(C)(C)CNC(=NC)NCCn1cccn1.